The summed E-state index contributed by atoms with van der Waals surface area (Å²) >= 11 is 1.15. The molecular weight excluding hydrogens is 434 g/mol. The van der Waals surface area contributed by atoms with E-state index in [4.69, 9.17) is 19.9 Å². The highest BCUT2D eigenvalue weighted by molar-refractivity contribution is 7.20. The van der Waals surface area contributed by atoms with Gasteiger partial charge in [-0.3, -0.25) is 4.79 Å². The molecule has 0 aliphatic heterocycles. The maximum Gasteiger partial charge on any atom is 0.348 e. The van der Waals surface area contributed by atoms with Crippen molar-refractivity contribution >= 4 is 45.1 Å². The summed E-state index contributed by atoms with van der Waals surface area (Å²) in [4.78, 5) is 45.2. The Kier molecular flexibility index (Phi) is 7.37. The highest BCUT2D eigenvalue weighted by Gasteiger charge is 2.20. The molecule has 0 bridgehead atoms. The lowest BCUT2D eigenvalue weighted by atomic mass is 10.1. The van der Waals surface area contributed by atoms with E-state index in [0.717, 1.165) is 11.3 Å². The Bertz CT molecular complexity index is 1160. The number of rotatable bonds is 9. The smallest absolute Gasteiger partial charge is 0.348 e. The van der Waals surface area contributed by atoms with Gasteiger partial charge in [0.1, 0.15) is 21.3 Å². The molecule has 0 saturated heterocycles. The second kappa shape index (κ2) is 10.2. The van der Waals surface area contributed by atoms with Gasteiger partial charge in [0, 0.05) is 12.0 Å². The van der Waals surface area contributed by atoms with Gasteiger partial charge >= 0.3 is 11.9 Å². The molecule has 0 saturated carbocycles. The molecule has 3 aromatic rings. The molecule has 3 rings (SSSR count). The average molecular weight is 458 g/mol. The van der Waals surface area contributed by atoms with Gasteiger partial charge in [0.2, 0.25) is 0 Å². The number of carbonyl (C=O) groups is 3. The Morgan fingerprint density at radius 3 is 2.44 bits per heavy atom. The van der Waals surface area contributed by atoms with Gasteiger partial charge < -0.3 is 19.9 Å². The minimum absolute atomic E-state index is 0.0301. The summed E-state index contributed by atoms with van der Waals surface area (Å²) in [7, 11) is 0. The monoisotopic (exact) mass is 457 g/mol. The van der Waals surface area contributed by atoms with Crippen LogP contribution in [0.15, 0.2) is 24.3 Å². The van der Waals surface area contributed by atoms with Crippen molar-refractivity contribution in [1.29, 1.82) is 0 Å². The fourth-order valence-electron chi connectivity index (χ4n) is 2.94. The van der Waals surface area contributed by atoms with Gasteiger partial charge in [-0.1, -0.05) is 6.92 Å². The molecule has 0 aliphatic carbocycles. The SMILES string of the molecule is CCOC(=O)c1sc2nc(COC(=O)COc3ccc(C(=O)CC)cc3)nc(N)c2c1C. The largest absolute Gasteiger partial charge is 0.482 e. The normalized spacial score (nSPS) is 10.7. The summed E-state index contributed by atoms with van der Waals surface area (Å²) in [5, 5.41) is 0.585. The Hall–Kier alpha value is -3.53. The molecule has 2 heterocycles. The summed E-state index contributed by atoms with van der Waals surface area (Å²) in [6, 6.07) is 6.53. The molecule has 0 unspecified atom stereocenters. The highest BCUT2D eigenvalue weighted by atomic mass is 32.1. The first-order chi connectivity index (χ1) is 15.3. The van der Waals surface area contributed by atoms with Crippen molar-refractivity contribution in [2.75, 3.05) is 18.9 Å². The molecule has 0 amide bonds. The average Bonchev–Trinajstić information content (AvgIpc) is 3.13. The molecule has 2 aromatic heterocycles. The number of ether oxygens (including phenoxy) is 3. The number of aryl methyl sites for hydroxylation is 1. The number of ketones is 1. The lowest BCUT2D eigenvalue weighted by Gasteiger charge is -2.08. The van der Waals surface area contributed by atoms with Gasteiger partial charge in [0.15, 0.2) is 24.8 Å². The van der Waals surface area contributed by atoms with Crippen molar-refractivity contribution in [3.05, 3.63) is 46.1 Å². The summed E-state index contributed by atoms with van der Waals surface area (Å²) in [6.07, 6.45) is 0.417. The van der Waals surface area contributed by atoms with Crippen LogP contribution in [0, 0.1) is 6.92 Å². The van der Waals surface area contributed by atoms with Crippen molar-refractivity contribution in [3.8, 4) is 5.75 Å². The topological polar surface area (TPSA) is 131 Å². The number of aromatic nitrogens is 2. The fraction of sp³-hybridized carbons (Fsp3) is 0.318. The van der Waals surface area contributed by atoms with Crippen LogP contribution in [0.4, 0.5) is 5.82 Å². The van der Waals surface area contributed by atoms with E-state index < -0.39 is 11.9 Å². The quantitative estimate of drug-likeness (QED) is 0.379. The van der Waals surface area contributed by atoms with Crippen LogP contribution < -0.4 is 10.5 Å². The predicted molar refractivity (Wildman–Crippen MR) is 119 cm³/mol. The van der Waals surface area contributed by atoms with E-state index in [0.29, 0.717) is 38.4 Å². The summed E-state index contributed by atoms with van der Waals surface area (Å²) < 4.78 is 15.6. The number of thiophene rings is 1. The predicted octanol–water partition coefficient (Wildman–Crippen LogP) is 3.47. The zero-order chi connectivity index (χ0) is 23.3. The molecule has 0 radical (unpaired) electrons. The number of hydrogen-bond acceptors (Lipinski definition) is 10. The van der Waals surface area contributed by atoms with Crippen LogP contribution in [0.5, 0.6) is 5.75 Å². The van der Waals surface area contributed by atoms with Gasteiger partial charge in [0.05, 0.1) is 12.0 Å². The summed E-state index contributed by atoms with van der Waals surface area (Å²) in [6.45, 7) is 5.02. The molecule has 0 atom stereocenters. The van der Waals surface area contributed by atoms with Gasteiger partial charge in [-0.2, -0.15) is 0 Å². The van der Waals surface area contributed by atoms with E-state index in [-0.39, 0.29) is 37.2 Å². The molecule has 10 heteroatoms. The first kappa shape index (κ1) is 23.1. The van der Waals surface area contributed by atoms with E-state index >= 15 is 0 Å². The van der Waals surface area contributed by atoms with Gasteiger partial charge in [-0.25, -0.2) is 19.6 Å². The zero-order valence-corrected chi connectivity index (χ0v) is 18.8. The third-order valence-corrected chi connectivity index (χ3v) is 5.71. The number of anilines is 1. The van der Waals surface area contributed by atoms with Crippen molar-refractivity contribution in [3.63, 3.8) is 0 Å². The van der Waals surface area contributed by atoms with Crippen molar-refractivity contribution < 1.29 is 28.6 Å². The van der Waals surface area contributed by atoms with E-state index in [1.807, 2.05) is 0 Å². The third kappa shape index (κ3) is 5.20. The van der Waals surface area contributed by atoms with E-state index in [9.17, 15) is 14.4 Å². The van der Waals surface area contributed by atoms with Gasteiger partial charge in [-0.05, 0) is 43.7 Å². The number of fused-ring (bicyclic) bond motifs is 1. The Balaban J connectivity index is 1.61. The Labute approximate surface area is 188 Å². The minimum Gasteiger partial charge on any atom is -0.482 e. The third-order valence-electron chi connectivity index (χ3n) is 4.54. The molecular formula is C22H23N3O6S. The molecule has 1 aromatic carbocycles. The Morgan fingerprint density at radius 1 is 1.06 bits per heavy atom. The lowest BCUT2D eigenvalue weighted by molar-refractivity contribution is -0.147. The molecule has 0 aliphatic rings. The van der Waals surface area contributed by atoms with Crippen LogP contribution in [0.3, 0.4) is 0 Å². The van der Waals surface area contributed by atoms with Crippen LogP contribution in [0.2, 0.25) is 0 Å². The standard InChI is InChI=1S/C22H23N3O6S/c1-4-15(26)13-6-8-14(9-7-13)30-11-17(27)31-10-16-24-20(23)18-12(3)19(22(28)29-5-2)32-21(18)25-16/h6-9H,4-5,10-11H2,1-3H3,(H2,23,24,25). The molecule has 32 heavy (non-hydrogen) atoms. The van der Waals surface area contributed by atoms with Gasteiger partial charge in [-0.15, -0.1) is 11.3 Å². The van der Waals surface area contributed by atoms with E-state index in [1.165, 1.54) is 0 Å². The van der Waals surface area contributed by atoms with Crippen LogP contribution >= 0.6 is 11.3 Å². The van der Waals surface area contributed by atoms with Crippen LogP contribution in [0.25, 0.3) is 10.2 Å². The summed E-state index contributed by atoms with van der Waals surface area (Å²) in [5.41, 5.74) is 7.29. The minimum atomic E-state index is -0.615. The number of nitrogens with two attached hydrogens (primary N) is 1. The lowest BCUT2D eigenvalue weighted by Crippen LogP contribution is -2.16. The fourth-order valence-corrected chi connectivity index (χ4v) is 4.04. The highest BCUT2D eigenvalue weighted by Crippen LogP contribution is 2.33. The number of esters is 2. The number of carbonyl (C=O) groups excluding carboxylic acids is 3. The number of benzene rings is 1. The molecule has 2 N–H and O–H groups in total. The van der Waals surface area contributed by atoms with Gasteiger partial charge in [0.25, 0.3) is 0 Å². The molecule has 0 fully saturated rings. The van der Waals surface area contributed by atoms with Crippen LogP contribution in [-0.4, -0.2) is 40.9 Å². The second-order valence-electron chi connectivity index (χ2n) is 6.73. The van der Waals surface area contributed by atoms with Crippen molar-refractivity contribution in [2.24, 2.45) is 0 Å². The molecule has 9 nitrogen and oxygen atoms in total. The number of nitrogens with zero attached hydrogens (tertiary/aromatic N) is 2. The summed E-state index contributed by atoms with van der Waals surface area (Å²) in [5.74, 6) is -0.175. The maximum atomic E-state index is 12.1. The van der Waals surface area contributed by atoms with Crippen LogP contribution in [-0.2, 0) is 20.9 Å². The Morgan fingerprint density at radius 2 is 1.78 bits per heavy atom. The first-order valence-electron chi connectivity index (χ1n) is 9.98. The molecule has 0 spiro atoms. The van der Waals surface area contributed by atoms with Crippen LogP contribution in [0.1, 0.15) is 51.7 Å². The van der Waals surface area contributed by atoms with Crippen molar-refractivity contribution in [2.45, 2.75) is 33.8 Å². The van der Waals surface area contributed by atoms with E-state index in [2.05, 4.69) is 9.97 Å². The molecule has 168 valence electrons. The van der Waals surface area contributed by atoms with Crippen molar-refractivity contribution in [1.82, 2.24) is 9.97 Å². The van der Waals surface area contributed by atoms with E-state index in [1.54, 1.807) is 45.0 Å². The second-order valence-corrected chi connectivity index (χ2v) is 7.73. The number of nitrogen functional groups attached to an aromatic ring is 1. The number of hydrogen-bond donors (Lipinski definition) is 1. The maximum absolute atomic E-state index is 12.1. The number of Topliss-reactive ketones (excluding diaryl/α,β-unsaturated/α-hetero) is 1. The zero-order valence-electron chi connectivity index (χ0n) is 18.0. The first-order valence-corrected chi connectivity index (χ1v) is 10.8.